The molecule has 0 radical (unpaired) electrons. The maximum absolute atomic E-state index is 5.76. The van der Waals surface area contributed by atoms with Crippen molar-refractivity contribution in [2.24, 2.45) is 0 Å². The predicted molar refractivity (Wildman–Crippen MR) is 81.6 cm³/mol. The first kappa shape index (κ1) is 12.2. The average Bonchev–Trinajstić information content (AvgIpc) is 2.48. The molecule has 0 fully saturated rings. The van der Waals surface area contributed by atoms with Gasteiger partial charge in [-0.25, -0.2) is 9.97 Å². The summed E-state index contributed by atoms with van der Waals surface area (Å²) in [5, 5.41) is 3.22. The van der Waals surface area contributed by atoms with Gasteiger partial charge in [0.25, 0.3) is 0 Å². The van der Waals surface area contributed by atoms with Crippen LogP contribution in [0.5, 0.6) is 0 Å². The molecule has 0 saturated carbocycles. The van der Waals surface area contributed by atoms with Crippen molar-refractivity contribution in [2.75, 3.05) is 11.1 Å². The molecule has 0 spiro atoms. The number of rotatable bonds is 3. The fraction of sp³-hybridized carbons (Fsp3) is 0. The molecule has 0 aliphatic heterocycles. The number of nitrogen functional groups attached to an aromatic ring is 1. The first-order chi connectivity index (χ1) is 9.81. The maximum atomic E-state index is 5.76. The second-order valence-electron chi connectivity index (χ2n) is 4.40. The quantitative estimate of drug-likeness (QED) is 0.709. The van der Waals surface area contributed by atoms with E-state index in [-0.39, 0.29) is 0 Å². The van der Waals surface area contributed by atoms with Crippen LogP contribution in [-0.2, 0) is 0 Å². The minimum Gasteiger partial charge on any atom is -0.399 e. The van der Waals surface area contributed by atoms with E-state index in [9.17, 15) is 0 Å². The Kier molecular flexibility index (Phi) is 3.29. The van der Waals surface area contributed by atoms with Crippen LogP contribution in [0.4, 0.5) is 17.2 Å². The Hall–Kier alpha value is -2.88. The van der Waals surface area contributed by atoms with Crippen LogP contribution in [0, 0.1) is 0 Å². The molecule has 0 bridgehead atoms. The normalized spacial score (nSPS) is 10.2. The molecular formula is C16H14N4. The minimum absolute atomic E-state index is 0.715. The molecule has 2 aromatic carbocycles. The molecule has 98 valence electrons. The Morgan fingerprint density at radius 3 is 2.50 bits per heavy atom. The standard InChI is InChI=1S/C16H14N4/c17-13-7-4-8-14(9-13)20-16-10-15(18-11-19-16)12-5-2-1-3-6-12/h1-11H,17H2,(H,18,19,20). The Morgan fingerprint density at radius 2 is 1.70 bits per heavy atom. The molecule has 4 heteroatoms. The molecule has 0 aliphatic carbocycles. The van der Waals surface area contributed by atoms with Crippen LogP contribution in [-0.4, -0.2) is 9.97 Å². The lowest BCUT2D eigenvalue weighted by molar-refractivity contribution is 1.17. The monoisotopic (exact) mass is 262 g/mol. The second kappa shape index (κ2) is 5.40. The molecule has 3 N–H and O–H groups in total. The Morgan fingerprint density at radius 1 is 0.850 bits per heavy atom. The highest BCUT2D eigenvalue weighted by Gasteiger charge is 2.02. The number of nitrogens with one attached hydrogen (secondary N) is 1. The third-order valence-electron chi connectivity index (χ3n) is 2.90. The molecule has 1 aromatic heterocycles. The third kappa shape index (κ3) is 2.75. The number of anilines is 3. The van der Waals surface area contributed by atoms with Gasteiger partial charge in [0.15, 0.2) is 0 Å². The van der Waals surface area contributed by atoms with Crippen LogP contribution in [0.1, 0.15) is 0 Å². The Bertz CT molecular complexity index is 710. The second-order valence-corrected chi connectivity index (χ2v) is 4.40. The first-order valence-corrected chi connectivity index (χ1v) is 6.31. The predicted octanol–water partition coefficient (Wildman–Crippen LogP) is 3.47. The summed E-state index contributed by atoms with van der Waals surface area (Å²) in [4.78, 5) is 8.52. The van der Waals surface area contributed by atoms with E-state index in [1.165, 1.54) is 0 Å². The summed E-state index contributed by atoms with van der Waals surface area (Å²) in [7, 11) is 0. The van der Waals surface area contributed by atoms with Crippen LogP contribution >= 0.6 is 0 Å². The molecule has 0 saturated heterocycles. The molecule has 0 unspecified atom stereocenters. The fourth-order valence-electron chi connectivity index (χ4n) is 1.96. The third-order valence-corrected chi connectivity index (χ3v) is 2.90. The van der Waals surface area contributed by atoms with E-state index in [2.05, 4.69) is 15.3 Å². The van der Waals surface area contributed by atoms with Crippen molar-refractivity contribution in [2.45, 2.75) is 0 Å². The summed E-state index contributed by atoms with van der Waals surface area (Å²) in [6.07, 6.45) is 1.55. The number of benzene rings is 2. The van der Waals surface area contributed by atoms with Gasteiger partial charge in [-0.3, -0.25) is 0 Å². The summed E-state index contributed by atoms with van der Waals surface area (Å²) >= 11 is 0. The smallest absolute Gasteiger partial charge is 0.134 e. The van der Waals surface area contributed by atoms with Crippen molar-refractivity contribution in [3.8, 4) is 11.3 Å². The number of aromatic nitrogens is 2. The van der Waals surface area contributed by atoms with Crippen molar-refractivity contribution in [3.63, 3.8) is 0 Å². The lowest BCUT2D eigenvalue weighted by Crippen LogP contribution is -1.96. The van der Waals surface area contributed by atoms with Gasteiger partial charge in [0.05, 0.1) is 5.69 Å². The van der Waals surface area contributed by atoms with Gasteiger partial charge in [-0.15, -0.1) is 0 Å². The summed E-state index contributed by atoms with van der Waals surface area (Å²) in [6.45, 7) is 0. The minimum atomic E-state index is 0.715. The van der Waals surface area contributed by atoms with Crippen molar-refractivity contribution in [3.05, 3.63) is 67.0 Å². The molecule has 1 heterocycles. The van der Waals surface area contributed by atoms with Gasteiger partial charge in [0.2, 0.25) is 0 Å². The zero-order valence-corrected chi connectivity index (χ0v) is 10.8. The van der Waals surface area contributed by atoms with E-state index >= 15 is 0 Å². The number of nitrogens with zero attached hydrogens (tertiary/aromatic N) is 2. The molecule has 0 aliphatic rings. The summed E-state index contributed by atoms with van der Waals surface area (Å²) < 4.78 is 0. The molecular weight excluding hydrogens is 248 g/mol. The number of hydrogen-bond acceptors (Lipinski definition) is 4. The molecule has 3 aromatic rings. The number of hydrogen-bond donors (Lipinski definition) is 2. The van der Waals surface area contributed by atoms with E-state index in [0.29, 0.717) is 5.69 Å². The van der Waals surface area contributed by atoms with Crippen molar-refractivity contribution >= 4 is 17.2 Å². The largest absolute Gasteiger partial charge is 0.399 e. The van der Waals surface area contributed by atoms with Crippen molar-refractivity contribution in [1.29, 1.82) is 0 Å². The highest BCUT2D eigenvalue weighted by atomic mass is 15.0. The Balaban J connectivity index is 1.88. The average molecular weight is 262 g/mol. The highest BCUT2D eigenvalue weighted by Crippen LogP contribution is 2.21. The highest BCUT2D eigenvalue weighted by molar-refractivity contribution is 5.66. The first-order valence-electron chi connectivity index (χ1n) is 6.31. The zero-order valence-electron chi connectivity index (χ0n) is 10.8. The molecule has 20 heavy (non-hydrogen) atoms. The van der Waals surface area contributed by atoms with Crippen molar-refractivity contribution in [1.82, 2.24) is 9.97 Å². The van der Waals surface area contributed by atoms with E-state index in [1.54, 1.807) is 6.33 Å². The molecule has 0 amide bonds. The van der Waals surface area contributed by atoms with Crippen LogP contribution in [0.15, 0.2) is 67.0 Å². The van der Waals surface area contributed by atoms with E-state index in [0.717, 1.165) is 22.8 Å². The molecule has 4 nitrogen and oxygen atoms in total. The summed E-state index contributed by atoms with van der Waals surface area (Å²) in [5.74, 6) is 0.740. The number of nitrogens with two attached hydrogens (primary N) is 1. The SMILES string of the molecule is Nc1cccc(Nc2cc(-c3ccccc3)ncn2)c1. The van der Waals surface area contributed by atoms with Gasteiger partial charge in [0.1, 0.15) is 12.1 Å². The van der Waals surface area contributed by atoms with Gasteiger partial charge in [-0.2, -0.15) is 0 Å². The maximum Gasteiger partial charge on any atom is 0.134 e. The van der Waals surface area contributed by atoms with Gasteiger partial charge in [-0.1, -0.05) is 36.4 Å². The van der Waals surface area contributed by atoms with Crippen LogP contribution < -0.4 is 11.1 Å². The van der Waals surface area contributed by atoms with Gasteiger partial charge in [0, 0.05) is 23.0 Å². The zero-order chi connectivity index (χ0) is 13.8. The summed E-state index contributed by atoms with van der Waals surface area (Å²) in [5.41, 5.74) is 9.32. The van der Waals surface area contributed by atoms with Crippen LogP contribution in [0.3, 0.4) is 0 Å². The molecule has 0 atom stereocenters. The van der Waals surface area contributed by atoms with Crippen LogP contribution in [0.25, 0.3) is 11.3 Å². The summed E-state index contributed by atoms with van der Waals surface area (Å²) in [6, 6.07) is 19.5. The van der Waals surface area contributed by atoms with Gasteiger partial charge >= 0.3 is 0 Å². The topological polar surface area (TPSA) is 63.8 Å². The Labute approximate surface area is 117 Å². The van der Waals surface area contributed by atoms with E-state index in [1.807, 2.05) is 60.7 Å². The van der Waals surface area contributed by atoms with Crippen molar-refractivity contribution < 1.29 is 0 Å². The lowest BCUT2D eigenvalue weighted by Gasteiger charge is -2.07. The van der Waals surface area contributed by atoms with Gasteiger partial charge in [-0.05, 0) is 18.2 Å². The lowest BCUT2D eigenvalue weighted by atomic mass is 10.1. The van der Waals surface area contributed by atoms with E-state index in [4.69, 9.17) is 5.73 Å². The van der Waals surface area contributed by atoms with Gasteiger partial charge < -0.3 is 11.1 Å². The van der Waals surface area contributed by atoms with Crippen LogP contribution in [0.2, 0.25) is 0 Å². The molecule has 3 rings (SSSR count). The van der Waals surface area contributed by atoms with E-state index < -0.39 is 0 Å². The fourth-order valence-corrected chi connectivity index (χ4v) is 1.96.